The maximum absolute atomic E-state index is 12.7. The SMILES string of the molecule is CN1CCCCCC1C(=O)N1CCc2[nH]ncc2C1. The summed E-state index contributed by atoms with van der Waals surface area (Å²) in [4.78, 5) is 16.9. The number of hydrogen-bond acceptors (Lipinski definition) is 3. The maximum Gasteiger partial charge on any atom is 0.240 e. The Hall–Kier alpha value is -1.36. The van der Waals surface area contributed by atoms with Gasteiger partial charge in [0.15, 0.2) is 0 Å². The molecule has 0 aliphatic carbocycles. The summed E-state index contributed by atoms with van der Waals surface area (Å²) in [5, 5.41) is 7.08. The van der Waals surface area contributed by atoms with Crippen molar-refractivity contribution in [2.24, 2.45) is 0 Å². The largest absolute Gasteiger partial charge is 0.336 e. The number of aromatic amines is 1. The van der Waals surface area contributed by atoms with Gasteiger partial charge in [0.2, 0.25) is 5.91 Å². The Morgan fingerprint density at radius 1 is 1.37 bits per heavy atom. The fourth-order valence-corrected chi connectivity index (χ4v) is 3.18. The first kappa shape index (κ1) is 12.7. The van der Waals surface area contributed by atoms with Gasteiger partial charge in [-0.3, -0.25) is 14.8 Å². The first-order valence-electron chi connectivity index (χ1n) is 7.26. The lowest BCUT2D eigenvalue weighted by molar-refractivity contribution is -0.137. The Labute approximate surface area is 114 Å². The van der Waals surface area contributed by atoms with Gasteiger partial charge in [-0.2, -0.15) is 5.10 Å². The molecule has 1 unspecified atom stereocenters. The third-order valence-corrected chi connectivity index (χ3v) is 4.42. The topological polar surface area (TPSA) is 52.2 Å². The van der Waals surface area contributed by atoms with Crippen LogP contribution in [0.15, 0.2) is 6.20 Å². The van der Waals surface area contributed by atoms with E-state index >= 15 is 0 Å². The molecule has 1 amide bonds. The quantitative estimate of drug-likeness (QED) is 0.826. The average molecular weight is 262 g/mol. The fourth-order valence-electron chi connectivity index (χ4n) is 3.18. The highest BCUT2D eigenvalue weighted by atomic mass is 16.2. The molecule has 1 fully saturated rings. The maximum atomic E-state index is 12.7. The highest BCUT2D eigenvalue weighted by molar-refractivity contribution is 5.82. The summed E-state index contributed by atoms with van der Waals surface area (Å²) in [6, 6.07) is 0.0796. The molecule has 1 aromatic rings. The van der Waals surface area contributed by atoms with Crippen LogP contribution in [0.4, 0.5) is 0 Å². The number of nitrogens with zero attached hydrogens (tertiary/aromatic N) is 3. The van der Waals surface area contributed by atoms with Crippen LogP contribution in [0.1, 0.15) is 36.9 Å². The van der Waals surface area contributed by atoms with Gasteiger partial charge in [-0.15, -0.1) is 0 Å². The van der Waals surface area contributed by atoms with Crippen LogP contribution in [0.2, 0.25) is 0 Å². The van der Waals surface area contributed by atoms with Crippen LogP contribution in [-0.4, -0.2) is 52.1 Å². The van der Waals surface area contributed by atoms with Crippen LogP contribution < -0.4 is 0 Å². The molecule has 2 aliphatic heterocycles. The lowest BCUT2D eigenvalue weighted by atomic mass is 10.0. The fraction of sp³-hybridized carbons (Fsp3) is 0.714. The second-order valence-electron chi connectivity index (χ2n) is 5.73. The number of likely N-dealkylation sites (tertiary alicyclic amines) is 1. The number of rotatable bonds is 1. The Balaban J connectivity index is 1.70. The second-order valence-corrected chi connectivity index (χ2v) is 5.73. The van der Waals surface area contributed by atoms with E-state index in [2.05, 4.69) is 22.1 Å². The predicted molar refractivity (Wildman–Crippen MR) is 72.6 cm³/mol. The molecule has 0 radical (unpaired) electrons. The Kier molecular flexibility index (Phi) is 3.55. The van der Waals surface area contributed by atoms with E-state index in [0.29, 0.717) is 5.91 Å². The van der Waals surface area contributed by atoms with Gasteiger partial charge in [0.25, 0.3) is 0 Å². The first-order chi connectivity index (χ1) is 9.25. The molecule has 0 bridgehead atoms. The second kappa shape index (κ2) is 5.33. The van der Waals surface area contributed by atoms with E-state index in [1.54, 1.807) is 0 Å². The molecule has 5 heteroatoms. The van der Waals surface area contributed by atoms with E-state index in [-0.39, 0.29) is 6.04 Å². The Bertz CT molecular complexity index is 456. The first-order valence-corrected chi connectivity index (χ1v) is 7.26. The zero-order valence-electron chi connectivity index (χ0n) is 11.6. The van der Waals surface area contributed by atoms with E-state index in [9.17, 15) is 4.79 Å². The monoisotopic (exact) mass is 262 g/mol. The van der Waals surface area contributed by atoms with Gasteiger partial charge in [0, 0.05) is 30.8 Å². The molecule has 1 N–H and O–H groups in total. The van der Waals surface area contributed by atoms with Crippen molar-refractivity contribution in [3.05, 3.63) is 17.5 Å². The van der Waals surface area contributed by atoms with Crippen molar-refractivity contribution in [1.29, 1.82) is 0 Å². The Morgan fingerprint density at radius 3 is 3.16 bits per heavy atom. The molecule has 104 valence electrons. The van der Waals surface area contributed by atoms with Crippen LogP contribution >= 0.6 is 0 Å². The van der Waals surface area contributed by atoms with E-state index < -0.39 is 0 Å². The van der Waals surface area contributed by atoms with Gasteiger partial charge in [0.05, 0.1) is 12.2 Å². The van der Waals surface area contributed by atoms with Crippen molar-refractivity contribution in [2.75, 3.05) is 20.1 Å². The summed E-state index contributed by atoms with van der Waals surface area (Å²) >= 11 is 0. The highest BCUT2D eigenvalue weighted by Gasteiger charge is 2.30. The van der Waals surface area contributed by atoms with Crippen LogP contribution in [0.3, 0.4) is 0 Å². The molecule has 0 aromatic carbocycles. The van der Waals surface area contributed by atoms with Crippen molar-refractivity contribution in [3.63, 3.8) is 0 Å². The van der Waals surface area contributed by atoms with Crippen LogP contribution in [0.25, 0.3) is 0 Å². The van der Waals surface area contributed by atoms with Gasteiger partial charge in [0.1, 0.15) is 0 Å². The van der Waals surface area contributed by atoms with Crippen LogP contribution in [0, 0.1) is 0 Å². The number of carbonyl (C=O) groups is 1. The van der Waals surface area contributed by atoms with Gasteiger partial charge in [-0.25, -0.2) is 0 Å². The molecule has 0 spiro atoms. The minimum absolute atomic E-state index is 0.0796. The summed E-state index contributed by atoms with van der Waals surface area (Å²) in [7, 11) is 2.08. The lowest BCUT2D eigenvalue weighted by Gasteiger charge is -2.33. The smallest absolute Gasteiger partial charge is 0.240 e. The average Bonchev–Trinajstić information content (AvgIpc) is 2.79. The zero-order valence-corrected chi connectivity index (χ0v) is 11.6. The minimum Gasteiger partial charge on any atom is -0.336 e. The summed E-state index contributed by atoms with van der Waals surface area (Å²) in [5.74, 6) is 0.302. The number of carbonyl (C=O) groups excluding carboxylic acids is 1. The van der Waals surface area contributed by atoms with Crippen molar-refractivity contribution < 1.29 is 4.79 Å². The third-order valence-electron chi connectivity index (χ3n) is 4.42. The predicted octanol–water partition coefficient (Wildman–Crippen LogP) is 1.17. The van der Waals surface area contributed by atoms with Gasteiger partial charge in [-0.05, 0) is 26.4 Å². The number of aromatic nitrogens is 2. The van der Waals surface area contributed by atoms with Crippen LogP contribution in [-0.2, 0) is 17.8 Å². The normalized spacial score (nSPS) is 24.9. The van der Waals surface area contributed by atoms with Crippen molar-refractivity contribution in [3.8, 4) is 0 Å². The molecule has 2 aliphatic rings. The van der Waals surface area contributed by atoms with E-state index in [4.69, 9.17) is 0 Å². The third kappa shape index (κ3) is 2.52. The van der Waals surface area contributed by atoms with Crippen molar-refractivity contribution in [2.45, 2.75) is 44.7 Å². The number of nitrogens with one attached hydrogen (secondary N) is 1. The molecule has 3 heterocycles. The van der Waals surface area contributed by atoms with Gasteiger partial charge < -0.3 is 4.90 Å². The summed E-state index contributed by atoms with van der Waals surface area (Å²) in [5.41, 5.74) is 2.37. The number of hydrogen-bond donors (Lipinski definition) is 1. The molecule has 0 saturated carbocycles. The van der Waals surface area contributed by atoms with Crippen molar-refractivity contribution >= 4 is 5.91 Å². The molecule has 1 atom stereocenters. The molecule has 19 heavy (non-hydrogen) atoms. The Morgan fingerprint density at radius 2 is 2.26 bits per heavy atom. The molecular formula is C14H22N4O. The molecular weight excluding hydrogens is 240 g/mol. The minimum atomic E-state index is 0.0796. The standard InChI is InChI=1S/C14H22N4O/c1-17-7-4-2-3-5-13(17)14(19)18-8-6-12-11(10-18)9-15-16-12/h9,13H,2-8,10H2,1H3,(H,15,16). The van der Waals surface area contributed by atoms with E-state index in [1.807, 2.05) is 11.1 Å². The number of H-pyrrole nitrogens is 1. The lowest BCUT2D eigenvalue weighted by Crippen LogP contribution is -2.48. The van der Waals surface area contributed by atoms with Gasteiger partial charge in [-0.1, -0.05) is 12.8 Å². The number of amides is 1. The summed E-state index contributed by atoms with van der Waals surface area (Å²) in [6.07, 6.45) is 7.39. The van der Waals surface area contributed by atoms with Gasteiger partial charge >= 0.3 is 0 Å². The molecule has 3 rings (SSSR count). The molecule has 1 aromatic heterocycles. The zero-order chi connectivity index (χ0) is 13.2. The highest BCUT2D eigenvalue weighted by Crippen LogP contribution is 2.21. The summed E-state index contributed by atoms with van der Waals surface area (Å²) in [6.45, 7) is 2.58. The van der Waals surface area contributed by atoms with E-state index in [1.165, 1.54) is 30.5 Å². The molecule has 5 nitrogen and oxygen atoms in total. The van der Waals surface area contributed by atoms with Crippen molar-refractivity contribution in [1.82, 2.24) is 20.0 Å². The molecule has 1 saturated heterocycles. The number of likely N-dealkylation sites (N-methyl/N-ethyl adjacent to an activating group) is 1. The summed E-state index contributed by atoms with van der Waals surface area (Å²) < 4.78 is 0. The number of fused-ring (bicyclic) bond motifs is 1. The van der Waals surface area contributed by atoms with E-state index in [0.717, 1.165) is 32.5 Å². The van der Waals surface area contributed by atoms with Crippen LogP contribution in [0.5, 0.6) is 0 Å².